The number of hydrogen-bond acceptors (Lipinski definition) is 0. The number of benzene rings is 9. The average Bonchev–Trinajstić information content (AvgIpc) is 3.55. The summed E-state index contributed by atoms with van der Waals surface area (Å²) in [6, 6.07) is 56.5. The fourth-order valence-corrected chi connectivity index (χ4v) is 11.6. The van der Waals surface area contributed by atoms with Crippen molar-refractivity contribution in [2.45, 2.75) is 97.3 Å². The highest BCUT2D eigenvalue weighted by molar-refractivity contribution is 6.21. The molecule has 0 spiro atoms. The summed E-state index contributed by atoms with van der Waals surface area (Å²) in [7, 11) is 0. The van der Waals surface area contributed by atoms with Crippen LogP contribution in [0.4, 0.5) is 0 Å². The third-order valence-corrected chi connectivity index (χ3v) is 14.5. The summed E-state index contributed by atoms with van der Waals surface area (Å²) < 4.78 is 0. The first-order valence-electron chi connectivity index (χ1n) is 22.9. The predicted octanol–water partition coefficient (Wildman–Crippen LogP) is 17.8. The summed E-state index contributed by atoms with van der Waals surface area (Å²) >= 11 is 0. The molecule has 0 saturated carbocycles. The zero-order chi connectivity index (χ0) is 40.1. The van der Waals surface area contributed by atoms with Crippen LogP contribution in [0.1, 0.15) is 103 Å². The van der Waals surface area contributed by atoms with Crippen LogP contribution in [0.25, 0.3) is 86.9 Å². The highest BCUT2D eigenvalue weighted by Crippen LogP contribution is 2.58. The number of hydrogen-bond donors (Lipinski definition) is 0. The Morgan fingerprint density at radius 2 is 0.746 bits per heavy atom. The van der Waals surface area contributed by atoms with Crippen LogP contribution in [-0.4, -0.2) is 0 Å². The van der Waals surface area contributed by atoms with Gasteiger partial charge < -0.3 is 0 Å². The van der Waals surface area contributed by atoms with Gasteiger partial charge in [0.15, 0.2) is 0 Å². The van der Waals surface area contributed by atoms with Crippen molar-refractivity contribution in [3.05, 3.63) is 157 Å². The van der Waals surface area contributed by atoms with Crippen molar-refractivity contribution in [2.75, 3.05) is 0 Å². The second-order valence-corrected chi connectivity index (χ2v) is 18.0. The molecule has 0 aliphatic heterocycles. The summed E-state index contributed by atoms with van der Waals surface area (Å²) in [5, 5.41) is 16.4. The highest BCUT2D eigenvalue weighted by Gasteiger charge is 2.45. The largest absolute Gasteiger partial charge is 0.0654 e. The maximum atomic E-state index is 2.71. The van der Waals surface area contributed by atoms with Crippen LogP contribution in [0, 0.1) is 11.8 Å². The molecule has 0 heteroatoms. The van der Waals surface area contributed by atoms with Gasteiger partial charge >= 0.3 is 0 Å². The quantitative estimate of drug-likeness (QED) is 0.0764. The zero-order valence-corrected chi connectivity index (χ0v) is 35.6. The molecule has 0 N–H and O–H groups in total. The second-order valence-electron chi connectivity index (χ2n) is 18.0. The van der Waals surface area contributed by atoms with Crippen LogP contribution in [0.5, 0.6) is 0 Å². The van der Waals surface area contributed by atoms with Gasteiger partial charge in [0.05, 0.1) is 0 Å². The Bertz CT molecular complexity index is 2700. The summed E-state index contributed by atoms with van der Waals surface area (Å²) in [6.07, 6.45) is 12.5. The van der Waals surface area contributed by atoms with Gasteiger partial charge in [0.2, 0.25) is 0 Å². The van der Waals surface area contributed by atoms with Gasteiger partial charge in [-0.1, -0.05) is 188 Å². The molecule has 9 aromatic rings. The van der Waals surface area contributed by atoms with E-state index < -0.39 is 0 Å². The first kappa shape index (κ1) is 37.8. The molecular weight excluding hydrogens is 709 g/mol. The van der Waals surface area contributed by atoms with Crippen molar-refractivity contribution in [3.8, 4) is 22.3 Å². The Kier molecular flexibility index (Phi) is 10.0. The number of rotatable bonds is 14. The van der Waals surface area contributed by atoms with Crippen LogP contribution in [0.15, 0.2) is 146 Å². The standard InChI is InChI=1S/C59H58/c1-5-9-19-39(7-3)37-59(38-40(8-4)20-10-6-2)53-35-47(55-49-25-15-11-21-41(49)31-42-22-12-16-26-50(42)55)33-45-29-30-46-34-48(36-54(59)58(46)57(45)53)56-51-27-17-13-23-43(51)32-44-24-14-18-28-52(44)56/h11-18,21-36,39-40H,5-10,19-20,37-38H2,1-4H3. The molecule has 1 aliphatic carbocycles. The molecule has 0 nitrogen and oxygen atoms in total. The van der Waals surface area contributed by atoms with E-state index >= 15 is 0 Å². The van der Waals surface area contributed by atoms with E-state index in [0.29, 0.717) is 11.8 Å². The first-order valence-corrected chi connectivity index (χ1v) is 22.9. The van der Waals surface area contributed by atoms with Gasteiger partial charge in [0.1, 0.15) is 0 Å². The van der Waals surface area contributed by atoms with E-state index in [0.717, 1.165) is 0 Å². The first-order chi connectivity index (χ1) is 29.0. The van der Waals surface area contributed by atoms with Gasteiger partial charge in [-0.15, -0.1) is 0 Å². The van der Waals surface area contributed by atoms with Crippen molar-refractivity contribution in [2.24, 2.45) is 11.8 Å². The van der Waals surface area contributed by atoms with E-state index in [1.54, 1.807) is 11.1 Å². The van der Waals surface area contributed by atoms with Crippen LogP contribution < -0.4 is 0 Å². The van der Waals surface area contributed by atoms with Gasteiger partial charge in [-0.25, -0.2) is 0 Å². The van der Waals surface area contributed by atoms with Crippen LogP contribution in [-0.2, 0) is 5.41 Å². The summed E-state index contributed by atoms with van der Waals surface area (Å²) in [4.78, 5) is 0. The summed E-state index contributed by atoms with van der Waals surface area (Å²) in [6.45, 7) is 9.67. The molecule has 59 heavy (non-hydrogen) atoms. The molecule has 2 atom stereocenters. The normalized spacial score (nSPS) is 14.4. The maximum Gasteiger partial charge on any atom is 0.0221 e. The Balaban J connectivity index is 1.31. The van der Waals surface area contributed by atoms with Crippen molar-refractivity contribution < 1.29 is 0 Å². The van der Waals surface area contributed by atoms with Crippen molar-refractivity contribution in [3.63, 3.8) is 0 Å². The van der Waals surface area contributed by atoms with E-state index in [2.05, 4.69) is 173 Å². The fraction of sp³-hybridized carbons (Fsp3) is 0.288. The average molecular weight is 767 g/mol. The molecule has 0 radical (unpaired) electrons. The van der Waals surface area contributed by atoms with E-state index in [9.17, 15) is 0 Å². The third-order valence-electron chi connectivity index (χ3n) is 14.5. The fourth-order valence-electron chi connectivity index (χ4n) is 11.6. The molecule has 10 rings (SSSR count). The topological polar surface area (TPSA) is 0 Å². The van der Waals surface area contributed by atoms with Crippen molar-refractivity contribution in [1.82, 2.24) is 0 Å². The Morgan fingerprint density at radius 1 is 0.390 bits per heavy atom. The molecule has 0 heterocycles. The van der Waals surface area contributed by atoms with Gasteiger partial charge in [-0.05, 0) is 159 Å². The molecule has 0 bridgehead atoms. The zero-order valence-electron chi connectivity index (χ0n) is 35.6. The molecule has 2 unspecified atom stereocenters. The summed E-state index contributed by atoms with van der Waals surface area (Å²) in [5.41, 5.74) is 8.55. The predicted molar refractivity (Wildman–Crippen MR) is 259 cm³/mol. The van der Waals surface area contributed by atoms with E-state index in [-0.39, 0.29) is 5.41 Å². The van der Waals surface area contributed by atoms with Crippen molar-refractivity contribution >= 4 is 64.6 Å². The lowest BCUT2D eigenvalue weighted by Crippen LogP contribution is -2.32. The van der Waals surface area contributed by atoms with Crippen LogP contribution in [0.3, 0.4) is 0 Å². The smallest absolute Gasteiger partial charge is 0.0221 e. The molecule has 0 aromatic heterocycles. The van der Waals surface area contributed by atoms with E-state index in [4.69, 9.17) is 0 Å². The molecule has 0 fully saturated rings. The van der Waals surface area contributed by atoms with E-state index in [1.165, 1.54) is 151 Å². The van der Waals surface area contributed by atoms with Gasteiger partial charge in [0, 0.05) is 5.41 Å². The Morgan fingerprint density at radius 3 is 1.08 bits per heavy atom. The minimum atomic E-state index is -0.101. The van der Waals surface area contributed by atoms with Crippen molar-refractivity contribution in [1.29, 1.82) is 0 Å². The van der Waals surface area contributed by atoms with Crippen LogP contribution >= 0.6 is 0 Å². The molecule has 9 aromatic carbocycles. The molecule has 0 saturated heterocycles. The lowest BCUT2D eigenvalue weighted by molar-refractivity contribution is 0.266. The SMILES string of the molecule is CCCCC(CC)CC1(CC(CC)CCCC)c2cc(-c3c4ccccc4cc4ccccc34)cc3ccc4cc(-c5c6ccccc6cc6ccccc56)cc1c4c23. The Hall–Kier alpha value is -5.46. The highest BCUT2D eigenvalue weighted by atomic mass is 14.5. The monoisotopic (exact) mass is 766 g/mol. The molecular formula is C59H58. The Labute approximate surface area is 351 Å². The number of fused-ring (bicyclic) bond motifs is 4. The second kappa shape index (κ2) is 15.6. The minimum absolute atomic E-state index is 0.101. The lowest BCUT2D eigenvalue weighted by Gasteiger charge is -2.39. The van der Waals surface area contributed by atoms with Gasteiger partial charge in [0.25, 0.3) is 0 Å². The third kappa shape index (κ3) is 6.34. The minimum Gasteiger partial charge on any atom is -0.0654 e. The van der Waals surface area contributed by atoms with Gasteiger partial charge in [-0.3, -0.25) is 0 Å². The number of unbranched alkanes of at least 4 members (excludes halogenated alkanes) is 2. The molecule has 294 valence electrons. The maximum absolute atomic E-state index is 2.71. The van der Waals surface area contributed by atoms with Gasteiger partial charge in [-0.2, -0.15) is 0 Å². The molecule has 1 aliphatic rings. The molecule has 0 amide bonds. The summed E-state index contributed by atoms with van der Waals surface area (Å²) in [5.74, 6) is 1.31. The lowest BCUT2D eigenvalue weighted by atomic mass is 9.64. The van der Waals surface area contributed by atoms with E-state index in [1.807, 2.05) is 0 Å². The van der Waals surface area contributed by atoms with Crippen LogP contribution in [0.2, 0.25) is 0 Å².